The number of hydrogen-bond donors (Lipinski definition) is 0. The second-order valence-corrected chi connectivity index (χ2v) is 8.14. The van der Waals surface area contributed by atoms with Crippen molar-refractivity contribution >= 4 is 27.5 Å². The zero-order valence-electron chi connectivity index (χ0n) is 16.7. The van der Waals surface area contributed by atoms with E-state index in [2.05, 4.69) is 4.98 Å². The van der Waals surface area contributed by atoms with Gasteiger partial charge in [-0.3, -0.25) is 14.2 Å². The van der Waals surface area contributed by atoms with Crippen LogP contribution in [0.5, 0.6) is 5.75 Å². The van der Waals surface area contributed by atoms with E-state index in [0.29, 0.717) is 25.1 Å². The number of fused-ring (bicyclic) bond motifs is 1. The Morgan fingerprint density at radius 1 is 1.29 bits per heavy atom. The van der Waals surface area contributed by atoms with E-state index in [4.69, 9.17) is 4.74 Å². The summed E-state index contributed by atoms with van der Waals surface area (Å²) in [6, 6.07) is 7.82. The van der Waals surface area contributed by atoms with Gasteiger partial charge in [0.25, 0.3) is 5.56 Å². The summed E-state index contributed by atoms with van der Waals surface area (Å²) >= 11 is 1.53. The highest BCUT2D eigenvalue weighted by Crippen LogP contribution is 2.25. The second-order valence-electron chi connectivity index (χ2n) is 6.94. The molecule has 0 saturated heterocycles. The van der Waals surface area contributed by atoms with Crippen LogP contribution < -0.4 is 10.3 Å². The summed E-state index contributed by atoms with van der Waals surface area (Å²) in [6.45, 7) is 7.17. The fourth-order valence-electron chi connectivity index (χ4n) is 2.97. The molecule has 1 amide bonds. The molecule has 148 valence electrons. The van der Waals surface area contributed by atoms with E-state index >= 15 is 0 Å². The van der Waals surface area contributed by atoms with Crippen LogP contribution in [0.15, 0.2) is 35.4 Å². The number of ether oxygens (including phenoxy) is 1. The van der Waals surface area contributed by atoms with E-state index in [1.807, 2.05) is 45.0 Å². The average Bonchev–Trinajstić information content (AvgIpc) is 2.95. The quantitative estimate of drug-likeness (QED) is 0.611. The van der Waals surface area contributed by atoms with E-state index in [1.165, 1.54) is 22.2 Å². The Kier molecular flexibility index (Phi) is 6.14. The van der Waals surface area contributed by atoms with Crippen molar-refractivity contribution in [2.45, 2.75) is 33.7 Å². The van der Waals surface area contributed by atoms with Crippen LogP contribution in [0.2, 0.25) is 0 Å². The number of carbonyl (C=O) groups is 1. The van der Waals surface area contributed by atoms with E-state index in [0.717, 1.165) is 26.6 Å². The van der Waals surface area contributed by atoms with E-state index in [-0.39, 0.29) is 17.9 Å². The third-order valence-electron chi connectivity index (χ3n) is 4.83. The van der Waals surface area contributed by atoms with Crippen molar-refractivity contribution in [3.63, 3.8) is 0 Å². The standard InChI is InChI=1S/C21H25N3O3S/c1-14-6-5-7-17(12-14)27-11-10-23(4)18(25)8-9-24-13-22-20-19(21(24)26)15(2)16(3)28-20/h5-7,12-13H,8-11H2,1-4H3. The molecule has 0 spiro atoms. The number of thiophene rings is 1. The number of amides is 1. The predicted molar refractivity (Wildman–Crippen MR) is 112 cm³/mol. The lowest BCUT2D eigenvalue weighted by Crippen LogP contribution is -2.32. The molecule has 28 heavy (non-hydrogen) atoms. The van der Waals surface area contributed by atoms with Crippen molar-refractivity contribution in [2.75, 3.05) is 20.2 Å². The number of rotatable bonds is 7. The summed E-state index contributed by atoms with van der Waals surface area (Å²) in [4.78, 5) is 32.9. The van der Waals surface area contributed by atoms with Gasteiger partial charge >= 0.3 is 0 Å². The third kappa shape index (κ3) is 4.42. The molecule has 0 fully saturated rings. The summed E-state index contributed by atoms with van der Waals surface area (Å²) < 4.78 is 7.22. The number of hydrogen-bond acceptors (Lipinski definition) is 5. The molecular weight excluding hydrogens is 374 g/mol. The van der Waals surface area contributed by atoms with Gasteiger partial charge in [-0.2, -0.15) is 0 Å². The van der Waals surface area contributed by atoms with Gasteiger partial charge in [0.05, 0.1) is 18.3 Å². The molecular formula is C21H25N3O3S. The van der Waals surface area contributed by atoms with Crippen molar-refractivity contribution in [1.82, 2.24) is 14.5 Å². The van der Waals surface area contributed by atoms with Crippen LogP contribution in [0.3, 0.4) is 0 Å². The van der Waals surface area contributed by atoms with Crippen LogP contribution in [0.4, 0.5) is 0 Å². The summed E-state index contributed by atoms with van der Waals surface area (Å²) in [6.07, 6.45) is 1.78. The highest BCUT2D eigenvalue weighted by Gasteiger charge is 2.14. The van der Waals surface area contributed by atoms with Gasteiger partial charge in [-0.1, -0.05) is 12.1 Å². The third-order valence-corrected chi connectivity index (χ3v) is 5.95. The Hall–Kier alpha value is -2.67. The van der Waals surface area contributed by atoms with Gasteiger partial charge in [-0.15, -0.1) is 11.3 Å². The van der Waals surface area contributed by atoms with Gasteiger partial charge in [0, 0.05) is 24.9 Å². The zero-order valence-corrected chi connectivity index (χ0v) is 17.5. The average molecular weight is 400 g/mol. The van der Waals surface area contributed by atoms with Crippen molar-refractivity contribution in [3.8, 4) is 5.75 Å². The van der Waals surface area contributed by atoms with Crippen LogP contribution in [0, 0.1) is 20.8 Å². The topological polar surface area (TPSA) is 64.4 Å². The smallest absolute Gasteiger partial charge is 0.262 e. The van der Waals surface area contributed by atoms with Gasteiger partial charge < -0.3 is 9.64 Å². The Labute approximate surface area is 168 Å². The number of aromatic nitrogens is 2. The lowest BCUT2D eigenvalue weighted by molar-refractivity contribution is -0.130. The lowest BCUT2D eigenvalue weighted by atomic mass is 10.2. The molecule has 0 saturated carbocycles. The van der Waals surface area contributed by atoms with Crippen LogP contribution >= 0.6 is 11.3 Å². The number of likely N-dealkylation sites (N-methyl/N-ethyl adjacent to an activating group) is 1. The minimum Gasteiger partial charge on any atom is -0.492 e. The fraction of sp³-hybridized carbons (Fsp3) is 0.381. The van der Waals surface area contributed by atoms with Crippen LogP contribution in [-0.2, 0) is 11.3 Å². The van der Waals surface area contributed by atoms with Crippen LogP contribution in [0.1, 0.15) is 22.4 Å². The highest BCUT2D eigenvalue weighted by atomic mass is 32.1. The summed E-state index contributed by atoms with van der Waals surface area (Å²) in [7, 11) is 1.75. The van der Waals surface area contributed by atoms with Crippen molar-refractivity contribution < 1.29 is 9.53 Å². The molecule has 0 unspecified atom stereocenters. The van der Waals surface area contributed by atoms with Gasteiger partial charge in [0.2, 0.25) is 5.91 Å². The first-order chi connectivity index (χ1) is 13.4. The first-order valence-corrected chi connectivity index (χ1v) is 10.1. The molecule has 0 bridgehead atoms. The largest absolute Gasteiger partial charge is 0.492 e. The van der Waals surface area contributed by atoms with Gasteiger partial charge in [0.15, 0.2) is 0 Å². The molecule has 3 aromatic rings. The molecule has 0 aliphatic rings. The molecule has 2 heterocycles. The van der Waals surface area contributed by atoms with Gasteiger partial charge in [0.1, 0.15) is 17.2 Å². The van der Waals surface area contributed by atoms with Crippen LogP contribution in [0.25, 0.3) is 10.2 Å². The lowest BCUT2D eigenvalue weighted by Gasteiger charge is -2.18. The summed E-state index contributed by atoms with van der Waals surface area (Å²) in [5, 5.41) is 0.664. The number of carbonyl (C=O) groups excluding carboxylic acids is 1. The highest BCUT2D eigenvalue weighted by molar-refractivity contribution is 7.18. The molecule has 0 atom stereocenters. The van der Waals surface area contributed by atoms with Gasteiger partial charge in [-0.05, 0) is 44.0 Å². The SMILES string of the molecule is Cc1cccc(OCCN(C)C(=O)CCn2cnc3sc(C)c(C)c3c2=O)c1. The van der Waals surface area contributed by atoms with Crippen molar-refractivity contribution in [1.29, 1.82) is 0 Å². The van der Waals surface area contributed by atoms with Crippen LogP contribution in [-0.4, -0.2) is 40.6 Å². The molecule has 0 radical (unpaired) electrons. The summed E-state index contributed by atoms with van der Waals surface area (Å²) in [5.74, 6) is 0.770. The molecule has 1 aromatic carbocycles. The van der Waals surface area contributed by atoms with E-state index in [1.54, 1.807) is 11.9 Å². The molecule has 2 aromatic heterocycles. The Morgan fingerprint density at radius 3 is 2.82 bits per heavy atom. The Balaban J connectivity index is 1.55. The number of nitrogens with zero attached hydrogens (tertiary/aromatic N) is 3. The second kappa shape index (κ2) is 8.56. The normalized spacial score (nSPS) is 11.0. The Bertz CT molecular complexity index is 1050. The first-order valence-electron chi connectivity index (χ1n) is 9.25. The predicted octanol–water partition coefficient (Wildman–Crippen LogP) is 3.31. The maximum atomic E-state index is 12.7. The fourth-order valence-corrected chi connectivity index (χ4v) is 3.95. The molecule has 3 rings (SSSR count). The number of benzene rings is 1. The maximum Gasteiger partial charge on any atom is 0.262 e. The Morgan fingerprint density at radius 2 is 2.07 bits per heavy atom. The zero-order chi connectivity index (χ0) is 20.3. The monoisotopic (exact) mass is 399 g/mol. The maximum absolute atomic E-state index is 12.7. The number of aryl methyl sites for hydroxylation is 4. The molecule has 7 heteroatoms. The van der Waals surface area contributed by atoms with Crippen molar-refractivity contribution in [2.24, 2.45) is 0 Å². The minimum absolute atomic E-state index is 0.0296. The van der Waals surface area contributed by atoms with E-state index in [9.17, 15) is 9.59 Å². The van der Waals surface area contributed by atoms with E-state index < -0.39 is 0 Å². The minimum atomic E-state index is -0.0786. The molecule has 0 N–H and O–H groups in total. The molecule has 0 aliphatic heterocycles. The first kappa shape index (κ1) is 20.1. The van der Waals surface area contributed by atoms with Crippen molar-refractivity contribution in [3.05, 3.63) is 57.0 Å². The summed E-state index contributed by atoms with van der Waals surface area (Å²) in [5.41, 5.74) is 2.03. The molecule has 0 aliphatic carbocycles. The molecule has 6 nitrogen and oxygen atoms in total. The van der Waals surface area contributed by atoms with Gasteiger partial charge in [-0.25, -0.2) is 4.98 Å².